The molecule has 0 radical (unpaired) electrons. The van der Waals surface area contributed by atoms with Crippen LogP contribution in [0, 0.1) is 13.8 Å². The maximum absolute atomic E-state index is 13.9. The van der Waals surface area contributed by atoms with E-state index in [1.54, 1.807) is 17.0 Å². The lowest BCUT2D eigenvalue weighted by atomic mass is 9.97. The van der Waals surface area contributed by atoms with E-state index in [1.165, 1.54) is 0 Å². The van der Waals surface area contributed by atoms with Crippen LogP contribution in [0.25, 0.3) is 11.0 Å². The molecule has 1 aliphatic heterocycles. The number of nitrogens with zero attached hydrogens (tertiary/aromatic N) is 1. The van der Waals surface area contributed by atoms with Crippen molar-refractivity contribution in [3.05, 3.63) is 103 Å². The summed E-state index contributed by atoms with van der Waals surface area (Å²) in [6, 6.07) is 16.2. The highest BCUT2D eigenvalue weighted by Crippen LogP contribution is 2.42. The fraction of sp³-hybridized carbons (Fsp3) is 0.290. The first-order valence-corrected chi connectivity index (χ1v) is 13.2. The van der Waals surface area contributed by atoms with Crippen molar-refractivity contribution in [1.29, 1.82) is 0 Å². The third-order valence-electron chi connectivity index (χ3n) is 6.77. The molecule has 0 aliphatic carbocycles. The first-order chi connectivity index (χ1) is 18.3. The van der Waals surface area contributed by atoms with Gasteiger partial charge in [-0.05, 0) is 68.1 Å². The quantitative estimate of drug-likeness (QED) is 0.245. The lowest BCUT2D eigenvalue weighted by molar-refractivity contribution is 0.0714. The van der Waals surface area contributed by atoms with Gasteiger partial charge < -0.3 is 18.8 Å². The third kappa shape index (κ3) is 4.65. The van der Waals surface area contributed by atoms with Crippen LogP contribution in [0.3, 0.4) is 0 Å². The van der Waals surface area contributed by atoms with Crippen molar-refractivity contribution in [2.45, 2.75) is 46.7 Å². The summed E-state index contributed by atoms with van der Waals surface area (Å²) < 4.78 is 17.9. The van der Waals surface area contributed by atoms with Gasteiger partial charge in [0.25, 0.3) is 5.91 Å². The number of hydrogen-bond donors (Lipinski definition) is 0. The minimum absolute atomic E-state index is 0.0607. The molecule has 5 rings (SSSR count). The molecule has 0 saturated carbocycles. The van der Waals surface area contributed by atoms with E-state index < -0.39 is 6.04 Å². The summed E-state index contributed by atoms with van der Waals surface area (Å²) in [5.74, 6) is 0.922. The molecular formula is C31H30ClNO5. The van der Waals surface area contributed by atoms with Crippen LogP contribution in [0.1, 0.15) is 64.7 Å². The number of benzene rings is 3. The SMILES string of the molecule is CCCOc1ccc(C2c3c(oc4cc(C)c(Cl)cc4c3=O)C(=O)N2Cc2ccc(C)cc2)cc1OCC. The van der Waals surface area contributed by atoms with Crippen LogP contribution in [0.5, 0.6) is 11.5 Å². The van der Waals surface area contributed by atoms with Gasteiger partial charge in [-0.15, -0.1) is 0 Å². The smallest absolute Gasteiger partial charge is 0.291 e. The topological polar surface area (TPSA) is 69.0 Å². The standard InChI is InChI=1S/C31H30ClNO5/c1-5-13-37-24-12-11-21(15-26(24)36-6-2)28-27-29(34)22-16-23(32)19(4)14-25(22)38-30(27)31(35)33(28)17-20-9-7-18(3)8-10-20/h7-12,14-16,28H,5-6,13,17H2,1-4H3. The Balaban J connectivity index is 1.70. The van der Waals surface area contributed by atoms with Crippen molar-refractivity contribution in [3.8, 4) is 11.5 Å². The normalized spacial score (nSPS) is 14.7. The molecule has 1 amide bonds. The summed E-state index contributed by atoms with van der Waals surface area (Å²) in [6.45, 7) is 9.10. The van der Waals surface area contributed by atoms with Crippen LogP contribution in [-0.2, 0) is 6.54 Å². The Labute approximate surface area is 226 Å². The third-order valence-corrected chi connectivity index (χ3v) is 7.17. The Morgan fingerprint density at radius 1 is 0.947 bits per heavy atom. The van der Waals surface area contributed by atoms with Crippen molar-refractivity contribution in [3.63, 3.8) is 0 Å². The second kappa shape index (κ2) is 10.5. The molecule has 1 unspecified atom stereocenters. The number of rotatable bonds is 8. The molecule has 7 heteroatoms. The molecule has 2 heterocycles. The fourth-order valence-electron chi connectivity index (χ4n) is 4.83. The molecule has 1 aromatic heterocycles. The summed E-state index contributed by atoms with van der Waals surface area (Å²) >= 11 is 6.37. The maximum Gasteiger partial charge on any atom is 0.291 e. The summed E-state index contributed by atoms with van der Waals surface area (Å²) in [6.07, 6.45) is 0.859. The Hall–Kier alpha value is -3.77. The molecule has 0 fully saturated rings. The van der Waals surface area contributed by atoms with Gasteiger partial charge in [-0.1, -0.05) is 54.4 Å². The van der Waals surface area contributed by atoms with E-state index in [4.69, 9.17) is 25.5 Å². The summed E-state index contributed by atoms with van der Waals surface area (Å²) in [5.41, 5.74) is 3.96. The van der Waals surface area contributed by atoms with Crippen LogP contribution in [0.2, 0.25) is 5.02 Å². The minimum Gasteiger partial charge on any atom is -0.490 e. The van der Waals surface area contributed by atoms with Gasteiger partial charge in [-0.3, -0.25) is 9.59 Å². The Morgan fingerprint density at radius 3 is 2.42 bits per heavy atom. The van der Waals surface area contributed by atoms with Crippen molar-refractivity contribution < 1.29 is 18.7 Å². The number of ether oxygens (including phenoxy) is 2. The monoisotopic (exact) mass is 531 g/mol. The van der Waals surface area contributed by atoms with Crippen molar-refractivity contribution >= 4 is 28.5 Å². The van der Waals surface area contributed by atoms with Crippen molar-refractivity contribution in [2.24, 2.45) is 0 Å². The molecule has 196 valence electrons. The van der Waals surface area contributed by atoms with Crippen LogP contribution in [-0.4, -0.2) is 24.0 Å². The lowest BCUT2D eigenvalue weighted by Crippen LogP contribution is -2.29. The molecule has 1 atom stereocenters. The highest BCUT2D eigenvalue weighted by Gasteiger charge is 2.43. The number of fused-ring (bicyclic) bond motifs is 2. The summed E-state index contributed by atoms with van der Waals surface area (Å²) in [7, 11) is 0. The molecular weight excluding hydrogens is 502 g/mol. The van der Waals surface area contributed by atoms with Crippen LogP contribution < -0.4 is 14.9 Å². The Kier molecular flexibility index (Phi) is 7.17. The van der Waals surface area contributed by atoms with E-state index in [2.05, 4.69) is 0 Å². The van der Waals surface area contributed by atoms with Crippen molar-refractivity contribution in [2.75, 3.05) is 13.2 Å². The predicted molar refractivity (Wildman–Crippen MR) is 149 cm³/mol. The van der Waals surface area contributed by atoms with E-state index in [0.29, 0.717) is 52.8 Å². The van der Waals surface area contributed by atoms with E-state index in [0.717, 1.165) is 28.7 Å². The van der Waals surface area contributed by atoms with Gasteiger partial charge in [0.05, 0.1) is 30.2 Å². The molecule has 0 N–H and O–H groups in total. The maximum atomic E-state index is 13.9. The number of carbonyl (C=O) groups is 1. The largest absolute Gasteiger partial charge is 0.490 e. The molecule has 4 aromatic rings. The van der Waals surface area contributed by atoms with Gasteiger partial charge >= 0.3 is 0 Å². The molecule has 38 heavy (non-hydrogen) atoms. The Morgan fingerprint density at radius 2 is 1.71 bits per heavy atom. The van der Waals surface area contributed by atoms with Gasteiger partial charge in [0.2, 0.25) is 5.76 Å². The van der Waals surface area contributed by atoms with E-state index in [9.17, 15) is 9.59 Å². The summed E-state index contributed by atoms with van der Waals surface area (Å²) in [5, 5.41) is 0.820. The predicted octanol–water partition coefficient (Wildman–Crippen LogP) is 7.00. The first kappa shape index (κ1) is 25.9. The average Bonchev–Trinajstić information content (AvgIpc) is 3.17. The van der Waals surface area contributed by atoms with Gasteiger partial charge in [0, 0.05) is 11.6 Å². The highest BCUT2D eigenvalue weighted by molar-refractivity contribution is 6.32. The zero-order valence-corrected chi connectivity index (χ0v) is 22.7. The van der Waals surface area contributed by atoms with Gasteiger partial charge in [-0.2, -0.15) is 0 Å². The molecule has 0 saturated heterocycles. The molecule has 0 spiro atoms. The minimum atomic E-state index is -0.668. The van der Waals surface area contributed by atoms with Crippen molar-refractivity contribution in [1.82, 2.24) is 4.90 Å². The number of hydrogen-bond acceptors (Lipinski definition) is 5. The Bertz CT molecular complexity index is 1570. The van der Waals surface area contributed by atoms with Gasteiger partial charge in [0.1, 0.15) is 5.58 Å². The molecule has 3 aromatic carbocycles. The molecule has 6 nitrogen and oxygen atoms in total. The zero-order valence-electron chi connectivity index (χ0n) is 22.0. The number of aryl methyl sites for hydroxylation is 2. The average molecular weight is 532 g/mol. The fourth-order valence-corrected chi connectivity index (χ4v) is 5.00. The van der Waals surface area contributed by atoms with Gasteiger partial charge in [0.15, 0.2) is 16.9 Å². The lowest BCUT2D eigenvalue weighted by Gasteiger charge is -2.26. The first-order valence-electron chi connectivity index (χ1n) is 12.8. The summed E-state index contributed by atoms with van der Waals surface area (Å²) in [4.78, 5) is 29.4. The second-order valence-electron chi connectivity index (χ2n) is 9.58. The number of halogens is 1. The molecule has 1 aliphatic rings. The van der Waals surface area contributed by atoms with E-state index in [1.807, 2.05) is 70.2 Å². The molecule has 0 bridgehead atoms. The highest BCUT2D eigenvalue weighted by atomic mass is 35.5. The van der Waals surface area contributed by atoms with Crippen LogP contribution >= 0.6 is 11.6 Å². The van der Waals surface area contributed by atoms with E-state index >= 15 is 0 Å². The van der Waals surface area contributed by atoms with Crippen LogP contribution in [0.4, 0.5) is 0 Å². The zero-order chi connectivity index (χ0) is 27.0. The number of carbonyl (C=O) groups excluding carboxylic acids is 1. The van der Waals surface area contributed by atoms with E-state index in [-0.39, 0.29) is 17.1 Å². The number of amides is 1. The van der Waals surface area contributed by atoms with Crippen LogP contribution in [0.15, 0.2) is 63.8 Å². The second-order valence-corrected chi connectivity index (χ2v) is 9.99. The van der Waals surface area contributed by atoms with Gasteiger partial charge in [-0.25, -0.2) is 0 Å².